The first kappa shape index (κ1) is 10.5. The lowest BCUT2D eigenvalue weighted by Gasteiger charge is -2.20. The Morgan fingerprint density at radius 3 is 2.00 bits per heavy atom. The molecule has 1 rings (SSSR count). The van der Waals surface area contributed by atoms with Crippen molar-refractivity contribution >= 4 is 15.9 Å². The van der Waals surface area contributed by atoms with Crippen molar-refractivity contribution in [2.75, 3.05) is 5.75 Å². The fourth-order valence-electron chi connectivity index (χ4n) is 1.57. The lowest BCUT2D eigenvalue weighted by molar-refractivity contribution is -0.133. The first-order chi connectivity index (χ1) is 5.68. The first-order valence-corrected chi connectivity index (χ1v) is 5.86. The number of hydrogen-bond donors (Lipinski definition) is 0. The lowest BCUT2D eigenvalue weighted by Crippen LogP contribution is -2.38. The minimum absolute atomic E-state index is 0.0724. The fraction of sp³-hybridized carbons (Fsp3) is 0.875. The Labute approximate surface area is 79.0 Å². The van der Waals surface area contributed by atoms with Gasteiger partial charge in [-0.25, -0.2) is 12.7 Å². The first-order valence-electron chi connectivity index (χ1n) is 4.25. The van der Waals surface area contributed by atoms with Gasteiger partial charge in [0.25, 0.3) is 0 Å². The molecule has 1 aliphatic rings. The number of nitrogens with zero attached hydrogens (tertiary/aromatic N) is 1. The summed E-state index contributed by atoms with van der Waals surface area (Å²) >= 11 is 0. The van der Waals surface area contributed by atoms with Crippen LogP contribution in [0.1, 0.15) is 27.7 Å². The molecule has 13 heavy (non-hydrogen) atoms. The molecular weight excluding hydrogens is 190 g/mol. The highest BCUT2D eigenvalue weighted by molar-refractivity contribution is 7.90. The van der Waals surface area contributed by atoms with Crippen LogP contribution >= 0.6 is 0 Å². The summed E-state index contributed by atoms with van der Waals surface area (Å²) in [7, 11) is -3.36. The van der Waals surface area contributed by atoms with Gasteiger partial charge in [0.1, 0.15) is 0 Å². The summed E-state index contributed by atoms with van der Waals surface area (Å²) in [5, 5.41) is 0. The Hall–Kier alpha value is -0.580. The molecular formula is C8H15NO3S. The van der Waals surface area contributed by atoms with Crippen molar-refractivity contribution in [2.24, 2.45) is 5.41 Å². The molecule has 76 valence electrons. The van der Waals surface area contributed by atoms with Gasteiger partial charge in [0, 0.05) is 6.04 Å². The minimum atomic E-state index is -3.36. The largest absolute Gasteiger partial charge is 0.273 e. The van der Waals surface area contributed by atoms with E-state index in [-0.39, 0.29) is 17.7 Å². The van der Waals surface area contributed by atoms with Gasteiger partial charge in [0.05, 0.1) is 11.2 Å². The average Bonchev–Trinajstić information content (AvgIpc) is 1.96. The molecule has 0 aromatic rings. The molecule has 0 N–H and O–H groups in total. The quantitative estimate of drug-likeness (QED) is 0.629. The molecule has 1 saturated heterocycles. The number of carbonyl (C=O) groups excluding carboxylic acids is 1. The highest BCUT2D eigenvalue weighted by Gasteiger charge is 2.49. The van der Waals surface area contributed by atoms with Crippen LogP contribution in [-0.4, -0.2) is 30.4 Å². The summed E-state index contributed by atoms with van der Waals surface area (Å²) in [6.07, 6.45) is 0. The Morgan fingerprint density at radius 1 is 1.38 bits per heavy atom. The van der Waals surface area contributed by atoms with Crippen LogP contribution in [0.3, 0.4) is 0 Å². The van der Waals surface area contributed by atoms with Crippen LogP contribution in [0.15, 0.2) is 0 Å². The zero-order valence-corrected chi connectivity index (χ0v) is 9.18. The van der Waals surface area contributed by atoms with E-state index in [2.05, 4.69) is 0 Å². The molecule has 0 saturated carbocycles. The van der Waals surface area contributed by atoms with Crippen LogP contribution in [0.5, 0.6) is 0 Å². The van der Waals surface area contributed by atoms with E-state index >= 15 is 0 Å². The molecule has 1 heterocycles. The molecule has 0 aromatic carbocycles. The van der Waals surface area contributed by atoms with Crippen molar-refractivity contribution in [3.8, 4) is 0 Å². The van der Waals surface area contributed by atoms with E-state index in [1.54, 1.807) is 27.7 Å². The maximum absolute atomic E-state index is 11.6. The predicted octanol–water partition coefficient (Wildman–Crippen LogP) is 0.593. The molecule has 0 unspecified atom stereocenters. The van der Waals surface area contributed by atoms with Crippen molar-refractivity contribution in [3.05, 3.63) is 0 Å². The number of amides is 1. The second-order valence-electron chi connectivity index (χ2n) is 4.33. The Balaban J connectivity index is 3.18. The summed E-state index contributed by atoms with van der Waals surface area (Å²) in [6, 6.07) is -0.278. The van der Waals surface area contributed by atoms with E-state index in [1.165, 1.54) is 0 Å². The maximum atomic E-state index is 11.6. The van der Waals surface area contributed by atoms with Crippen LogP contribution in [0, 0.1) is 5.41 Å². The normalized spacial score (nSPS) is 25.6. The monoisotopic (exact) mass is 205 g/mol. The highest BCUT2D eigenvalue weighted by Crippen LogP contribution is 2.32. The van der Waals surface area contributed by atoms with Gasteiger partial charge in [-0.3, -0.25) is 4.79 Å². The van der Waals surface area contributed by atoms with Crippen LogP contribution in [-0.2, 0) is 14.8 Å². The third kappa shape index (κ3) is 1.57. The zero-order chi connectivity index (χ0) is 10.4. The number of carbonyl (C=O) groups is 1. The van der Waals surface area contributed by atoms with Crippen LogP contribution in [0.4, 0.5) is 0 Å². The summed E-state index contributed by atoms with van der Waals surface area (Å²) < 4.78 is 24.1. The molecule has 0 spiro atoms. The molecule has 5 heteroatoms. The summed E-state index contributed by atoms with van der Waals surface area (Å²) in [5.41, 5.74) is -0.761. The van der Waals surface area contributed by atoms with Gasteiger partial charge in [-0.2, -0.15) is 0 Å². The van der Waals surface area contributed by atoms with E-state index in [4.69, 9.17) is 0 Å². The Bertz CT molecular complexity index is 329. The van der Waals surface area contributed by atoms with Crippen molar-refractivity contribution in [1.82, 2.24) is 4.31 Å². The zero-order valence-electron chi connectivity index (χ0n) is 8.36. The number of hydrogen-bond acceptors (Lipinski definition) is 3. The molecule has 1 aliphatic heterocycles. The molecule has 0 aromatic heterocycles. The van der Waals surface area contributed by atoms with E-state index in [0.29, 0.717) is 0 Å². The Kier molecular flexibility index (Phi) is 2.18. The molecule has 1 fully saturated rings. The van der Waals surface area contributed by atoms with Gasteiger partial charge in [-0.15, -0.1) is 0 Å². The predicted molar refractivity (Wildman–Crippen MR) is 49.5 cm³/mol. The molecule has 0 bridgehead atoms. The van der Waals surface area contributed by atoms with E-state index in [1.807, 2.05) is 0 Å². The summed E-state index contributed by atoms with van der Waals surface area (Å²) in [6.45, 7) is 6.73. The maximum Gasteiger partial charge on any atom is 0.243 e. The third-order valence-corrected chi connectivity index (χ3v) is 4.36. The molecule has 0 aliphatic carbocycles. The molecule has 1 amide bonds. The van der Waals surface area contributed by atoms with Crippen molar-refractivity contribution in [1.29, 1.82) is 0 Å². The van der Waals surface area contributed by atoms with E-state index in [0.717, 1.165) is 4.31 Å². The smallest absolute Gasteiger partial charge is 0.243 e. The van der Waals surface area contributed by atoms with Crippen LogP contribution < -0.4 is 0 Å². The lowest BCUT2D eigenvalue weighted by atomic mass is 9.95. The standard InChI is InChI=1S/C8H15NO3S/c1-6(2)9-7(10)8(3,4)5-13(9,11)12/h6H,5H2,1-4H3. The summed E-state index contributed by atoms with van der Waals surface area (Å²) in [4.78, 5) is 11.6. The van der Waals surface area contributed by atoms with Gasteiger partial charge >= 0.3 is 0 Å². The van der Waals surface area contributed by atoms with Crippen molar-refractivity contribution in [2.45, 2.75) is 33.7 Å². The summed E-state index contributed by atoms with van der Waals surface area (Å²) in [5.74, 6) is -0.362. The van der Waals surface area contributed by atoms with Gasteiger partial charge in [0.2, 0.25) is 15.9 Å². The van der Waals surface area contributed by atoms with E-state index < -0.39 is 15.4 Å². The van der Waals surface area contributed by atoms with Gasteiger partial charge in [0.15, 0.2) is 0 Å². The second kappa shape index (κ2) is 2.70. The Morgan fingerprint density at radius 2 is 1.85 bits per heavy atom. The minimum Gasteiger partial charge on any atom is -0.273 e. The van der Waals surface area contributed by atoms with Gasteiger partial charge in [-0.05, 0) is 27.7 Å². The average molecular weight is 205 g/mol. The number of sulfonamides is 1. The topological polar surface area (TPSA) is 54.5 Å². The number of rotatable bonds is 1. The highest BCUT2D eigenvalue weighted by atomic mass is 32.2. The van der Waals surface area contributed by atoms with Crippen molar-refractivity contribution in [3.63, 3.8) is 0 Å². The van der Waals surface area contributed by atoms with E-state index in [9.17, 15) is 13.2 Å². The fourth-order valence-corrected chi connectivity index (χ4v) is 3.88. The van der Waals surface area contributed by atoms with Crippen LogP contribution in [0.2, 0.25) is 0 Å². The van der Waals surface area contributed by atoms with Crippen LogP contribution in [0.25, 0.3) is 0 Å². The second-order valence-corrected chi connectivity index (χ2v) is 6.18. The van der Waals surface area contributed by atoms with Gasteiger partial charge < -0.3 is 0 Å². The molecule has 4 nitrogen and oxygen atoms in total. The van der Waals surface area contributed by atoms with Crippen molar-refractivity contribution < 1.29 is 13.2 Å². The molecule has 0 radical (unpaired) electrons. The van der Waals surface area contributed by atoms with Gasteiger partial charge in [-0.1, -0.05) is 0 Å². The third-order valence-electron chi connectivity index (χ3n) is 2.09. The SMILES string of the molecule is CC(C)N1C(=O)C(C)(C)CS1(=O)=O. The molecule has 0 atom stereocenters.